The number of amides is 2. The van der Waals surface area contributed by atoms with E-state index in [1.165, 1.54) is 0 Å². The van der Waals surface area contributed by atoms with E-state index in [0.717, 1.165) is 10.9 Å². The van der Waals surface area contributed by atoms with Gasteiger partial charge in [0.1, 0.15) is 0 Å². The van der Waals surface area contributed by atoms with Crippen molar-refractivity contribution >= 4 is 22.7 Å². The first-order valence-corrected chi connectivity index (χ1v) is 5.94. The summed E-state index contributed by atoms with van der Waals surface area (Å²) >= 11 is 0. The van der Waals surface area contributed by atoms with Gasteiger partial charge < -0.3 is 4.74 Å². The van der Waals surface area contributed by atoms with Gasteiger partial charge in [0.2, 0.25) is 5.91 Å². The zero-order valence-corrected chi connectivity index (χ0v) is 10.00. The molecule has 1 unspecified atom stereocenters. The third kappa shape index (κ3) is 2.37. The number of para-hydroxylation sites is 1. The van der Waals surface area contributed by atoms with Crippen LogP contribution in [0, 0.1) is 0 Å². The van der Waals surface area contributed by atoms with Crippen LogP contribution >= 0.6 is 0 Å². The van der Waals surface area contributed by atoms with Gasteiger partial charge in [-0.05, 0) is 6.07 Å². The Morgan fingerprint density at radius 2 is 2.11 bits per heavy atom. The molecule has 6 heteroatoms. The van der Waals surface area contributed by atoms with E-state index in [0.29, 0.717) is 6.42 Å². The number of ether oxygens (including phenoxy) is 1. The summed E-state index contributed by atoms with van der Waals surface area (Å²) in [4.78, 5) is 30.9. The van der Waals surface area contributed by atoms with E-state index in [1.54, 1.807) is 6.20 Å². The average Bonchev–Trinajstić information content (AvgIpc) is 2.42. The van der Waals surface area contributed by atoms with Gasteiger partial charge in [-0.15, -0.1) is 0 Å². The first kappa shape index (κ1) is 11.6. The van der Waals surface area contributed by atoms with Crippen LogP contribution in [0.5, 0.6) is 6.01 Å². The van der Waals surface area contributed by atoms with Crippen molar-refractivity contribution < 1.29 is 14.3 Å². The molecule has 96 valence electrons. The van der Waals surface area contributed by atoms with Crippen LogP contribution in [0.15, 0.2) is 30.5 Å². The third-order valence-electron chi connectivity index (χ3n) is 2.90. The number of imide groups is 1. The highest BCUT2D eigenvalue weighted by atomic mass is 16.5. The van der Waals surface area contributed by atoms with Crippen LogP contribution in [0.2, 0.25) is 0 Å². The number of benzene rings is 1. The first-order chi connectivity index (χ1) is 9.22. The van der Waals surface area contributed by atoms with Crippen molar-refractivity contribution in [1.29, 1.82) is 0 Å². The van der Waals surface area contributed by atoms with Gasteiger partial charge >= 0.3 is 6.01 Å². The van der Waals surface area contributed by atoms with Crippen LogP contribution in [-0.2, 0) is 9.59 Å². The Kier molecular flexibility index (Phi) is 2.83. The summed E-state index contributed by atoms with van der Waals surface area (Å²) in [6.45, 7) is 0. The van der Waals surface area contributed by atoms with Crippen LogP contribution in [0.3, 0.4) is 0 Å². The Morgan fingerprint density at radius 3 is 2.95 bits per heavy atom. The van der Waals surface area contributed by atoms with Crippen molar-refractivity contribution in [3.8, 4) is 6.01 Å². The SMILES string of the molecule is O=C1CCC(Oc2ncc3ccccc3n2)C(=O)N1. The zero-order chi connectivity index (χ0) is 13.2. The molecule has 1 aromatic carbocycles. The largest absolute Gasteiger partial charge is 0.450 e. The van der Waals surface area contributed by atoms with Crippen molar-refractivity contribution in [2.75, 3.05) is 0 Å². The fraction of sp³-hybridized carbons (Fsp3) is 0.231. The van der Waals surface area contributed by atoms with Gasteiger partial charge in [0.15, 0.2) is 6.10 Å². The van der Waals surface area contributed by atoms with Gasteiger partial charge in [-0.1, -0.05) is 18.2 Å². The van der Waals surface area contributed by atoms with E-state index in [-0.39, 0.29) is 18.3 Å². The Balaban J connectivity index is 1.81. The number of carbonyl (C=O) groups excluding carboxylic acids is 2. The lowest BCUT2D eigenvalue weighted by Crippen LogP contribution is -2.46. The molecule has 0 aliphatic carbocycles. The minimum Gasteiger partial charge on any atom is -0.450 e. The van der Waals surface area contributed by atoms with Crippen LogP contribution in [-0.4, -0.2) is 27.9 Å². The van der Waals surface area contributed by atoms with Crippen molar-refractivity contribution in [3.05, 3.63) is 30.5 Å². The number of rotatable bonds is 2. The second kappa shape index (κ2) is 4.64. The number of carbonyl (C=O) groups is 2. The summed E-state index contributed by atoms with van der Waals surface area (Å²) in [5, 5.41) is 3.13. The highest BCUT2D eigenvalue weighted by molar-refractivity contribution is 5.99. The average molecular weight is 257 g/mol. The van der Waals surface area contributed by atoms with E-state index in [4.69, 9.17) is 4.74 Å². The number of piperidine rings is 1. The maximum Gasteiger partial charge on any atom is 0.317 e. The maximum atomic E-state index is 11.6. The van der Waals surface area contributed by atoms with E-state index >= 15 is 0 Å². The van der Waals surface area contributed by atoms with Crippen molar-refractivity contribution in [1.82, 2.24) is 15.3 Å². The standard InChI is InChI=1S/C13H11N3O3/c17-11-6-5-10(12(18)16-11)19-13-14-7-8-3-1-2-4-9(8)15-13/h1-4,7,10H,5-6H2,(H,16,17,18). The molecule has 0 saturated carbocycles. The molecule has 1 aliphatic rings. The quantitative estimate of drug-likeness (QED) is 0.805. The molecule has 2 amide bonds. The Hall–Kier alpha value is -2.50. The minimum atomic E-state index is -0.709. The lowest BCUT2D eigenvalue weighted by Gasteiger charge is -2.20. The molecule has 1 aliphatic heterocycles. The van der Waals surface area contributed by atoms with Gasteiger partial charge in [0, 0.05) is 24.4 Å². The molecule has 0 bridgehead atoms. The number of nitrogens with one attached hydrogen (secondary N) is 1. The second-order valence-corrected chi connectivity index (χ2v) is 4.27. The molecule has 1 N–H and O–H groups in total. The van der Waals surface area contributed by atoms with Crippen LogP contribution < -0.4 is 10.1 Å². The van der Waals surface area contributed by atoms with E-state index in [2.05, 4.69) is 15.3 Å². The molecular weight excluding hydrogens is 246 g/mol. The van der Waals surface area contributed by atoms with Gasteiger partial charge in [-0.25, -0.2) is 4.98 Å². The predicted octanol–water partition coefficient (Wildman–Crippen LogP) is 0.814. The summed E-state index contributed by atoms with van der Waals surface area (Å²) in [6.07, 6.45) is 1.55. The van der Waals surface area contributed by atoms with E-state index in [1.807, 2.05) is 24.3 Å². The van der Waals surface area contributed by atoms with Crippen molar-refractivity contribution in [2.45, 2.75) is 18.9 Å². The first-order valence-electron chi connectivity index (χ1n) is 5.94. The van der Waals surface area contributed by atoms with Gasteiger partial charge in [0.25, 0.3) is 5.91 Å². The summed E-state index contributed by atoms with van der Waals surface area (Å²) in [5.74, 6) is -0.711. The van der Waals surface area contributed by atoms with E-state index < -0.39 is 12.0 Å². The predicted molar refractivity (Wildman–Crippen MR) is 66.3 cm³/mol. The molecular formula is C13H11N3O3. The fourth-order valence-corrected chi connectivity index (χ4v) is 1.93. The van der Waals surface area contributed by atoms with Crippen LogP contribution in [0.4, 0.5) is 0 Å². The van der Waals surface area contributed by atoms with Crippen molar-refractivity contribution in [3.63, 3.8) is 0 Å². The van der Waals surface area contributed by atoms with E-state index in [9.17, 15) is 9.59 Å². The highest BCUT2D eigenvalue weighted by Gasteiger charge is 2.28. The molecule has 0 radical (unpaired) electrons. The molecule has 6 nitrogen and oxygen atoms in total. The molecule has 1 fully saturated rings. The molecule has 2 aromatic rings. The van der Waals surface area contributed by atoms with Crippen LogP contribution in [0.1, 0.15) is 12.8 Å². The molecule has 0 spiro atoms. The Labute approximate surface area is 108 Å². The van der Waals surface area contributed by atoms with Gasteiger partial charge in [-0.3, -0.25) is 14.9 Å². The minimum absolute atomic E-state index is 0.146. The Bertz CT molecular complexity index is 656. The number of nitrogens with zero attached hydrogens (tertiary/aromatic N) is 2. The number of fused-ring (bicyclic) bond motifs is 1. The fourth-order valence-electron chi connectivity index (χ4n) is 1.93. The third-order valence-corrected chi connectivity index (χ3v) is 2.90. The number of hydrogen-bond donors (Lipinski definition) is 1. The van der Waals surface area contributed by atoms with Crippen molar-refractivity contribution in [2.24, 2.45) is 0 Å². The summed E-state index contributed by atoms with van der Waals surface area (Å²) in [6, 6.07) is 7.64. The van der Waals surface area contributed by atoms with Crippen LogP contribution in [0.25, 0.3) is 10.9 Å². The summed E-state index contributed by atoms with van der Waals surface area (Å²) in [7, 11) is 0. The lowest BCUT2D eigenvalue weighted by atomic mass is 10.1. The normalized spacial score (nSPS) is 19.3. The second-order valence-electron chi connectivity index (χ2n) is 4.27. The maximum absolute atomic E-state index is 11.6. The number of hydrogen-bond acceptors (Lipinski definition) is 5. The smallest absolute Gasteiger partial charge is 0.317 e. The molecule has 1 atom stereocenters. The lowest BCUT2D eigenvalue weighted by molar-refractivity contribution is -0.139. The Morgan fingerprint density at radius 1 is 1.26 bits per heavy atom. The monoisotopic (exact) mass is 257 g/mol. The molecule has 1 aromatic heterocycles. The zero-order valence-electron chi connectivity index (χ0n) is 10.00. The molecule has 3 rings (SSSR count). The molecule has 1 saturated heterocycles. The topological polar surface area (TPSA) is 81.2 Å². The summed E-state index contributed by atoms with van der Waals surface area (Å²) in [5.41, 5.74) is 0.750. The summed E-state index contributed by atoms with van der Waals surface area (Å²) < 4.78 is 5.44. The van der Waals surface area contributed by atoms with Gasteiger partial charge in [0.05, 0.1) is 5.52 Å². The number of aromatic nitrogens is 2. The van der Waals surface area contributed by atoms with Gasteiger partial charge in [-0.2, -0.15) is 4.98 Å². The molecule has 19 heavy (non-hydrogen) atoms. The highest BCUT2D eigenvalue weighted by Crippen LogP contribution is 2.16. The molecule has 2 heterocycles.